The van der Waals surface area contributed by atoms with Crippen molar-refractivity contribution < 1.29 is 9.50 Å². The fourth-order valence-electron chi connectivity index (χ4n) is 2.26. The standard InChI is InChI=1S/C10H15ClFN5O/c11-10-14-8(16-13)7(12)9(15-10)17-4-1-2-6(17)3-5-18/h6,18H,1-5,13H2,(H,14,15,16)/t6-/m0/s1. The fraction of sp³-hybridized carbons (Fsp3) is 0.600. The Morgan fingerprint density at radius 2 is 2.33 bits per heavy atom. The highest BCUT2D eigenvalue weighted by Gasteiger charge is 2.29. The second-order valence-corrected chi connectivity index (χ2v) is 4.46. The summed E-state index contributed by atoms with van der Waals surface area (Å²) in [6.45, 7) is 0.739. The molecule has 1 saturated heterocycles. The number of anilines is 2. The van der Waals surface area contributed by atoms with E-state index in [9.17, 15) is 4.39 Å². The predicted octanol–water partition coefficient (Wildman–Crippen LogP) is 0.906. The summed E-state index contributed by atoms with van der Waals surface area (Å²) in [5.41, 5.74) is 2.16. The van der Waals surface area contributed by atoms with E-state index in [1.165, 1.54) is 0 Å². The first kappa shape index (κ1) is 13.3. The van der Waals surface area contributed by atoms with Gasteiger partial charge >= 0.3 is 0 Å². The van der Waals surface area contributed by atoms with Crippen LogP contribution in [-0.4, -0.2) is 34.3 Å². The molecule has 0 radical (unpaired) electrons. The van der Waals surface area contributed by atoms with Gasteiger partial charge in [-0.3, -0.25) is 0 Å². The summed E-state index contributed by atoms with van der Waals surface area (Å²) >= 11 is 5.74. The Balaban J connectivity index is 2.34. The van der Waals surface area contributed by atoms with E-state index in [0.29, 0.717) is 13.0 Å². The summed E-state index contributed by atoms with van der Waals surface area (Å²) in [5.74, 6) is 4.58. The Hall–Kier alpha value is -1.18. The van der Waals surface area contributed by atoms with Gasteiger partial charge in [0.25, 0.3) is 0 Å². The van der Waals surface area contributed by atoms with E-state index in [0.717, 1.165) is 12.8 Å². The van der Waals surface area contributed by atoms with Gasteiger partial charge in [-0.05, 0) is 30.9 Å². The quantitative estimate of drug-likeness (QED) is 0.430. The van der Waals surface area contributed by atoms with Crippen molar-refractivity contribution in [2.75, 3.05) is 23.5 Å². The largest absolute Gasteiger partial charge is 0.396 e. The summed E-state index contributed by atoms with van der Waals surface area (Å²) in [7, 11) is 0. The number of nitrogen functional groups attached to an aromatic ring is 1. The zero-order chi connectivity index (χ0) is 13.1. The number of rotatable bonds is 4. The van der Waals surface area contributed by atoms with E-state index < -0.39 is 5.82 Å². The molecule has 0 aromatic carbocycles. The molecule has 4 N–H and O–H groups in total. The van der Waals surface area contributed by atoms with Crippen molar-refractivity contribution in [1.29, 1.82) is 0 Å². The van der Waals surface area contributed by atoms with Crippen molar-refractivity contribution in [3.05, 3.63) is 11.1 Å². The lowest BCUT2D eigenvalue weighted by atomic mass is 10.1. The van der Waals surface area contributed by atoms with Gasteiger partial charge in [-0.25, -0.2) is 5.84 Å². The minimum absolute atomic E-state index is 0.0591. The van der Waals surface area contributed by atoms with Crippen LogP contribution in [0.2, 0.25) is 5.28 Å². The first-order valence-electron chi connectivity index (χ1n) is 5.74. The molecule has 18 heavy (non-hydrogen) atoms. The van der Waals surface area contributed by atoms with Crippen LogP contribution < -0.4 is 16.2 Å². The highest BCUT2D eigenvalue weighted by Crippen LogP contribution is 2.30. The molecule has 100 valence electrons. The van der Waals surface area contributed by atoms with Crippen LogP contribution in [-0.2, 0) is 0 Å². The maximum Gasteiger partial charge on any atom is 0.226 e. The van der Waals surface area contributed by atoms with Crippen molar-refractivity contribution in [2.24, 2.45) is 5.84 Å². The molecule has 0 unspecified atom stereocenters. The molecule has 2 rings (SSSR count). The average molecular weight is 276 g/mol. The number of halogens is 2. The zero-order valence-corrected chi connectivity index (χ0v) is 10.5. The Bertz CT molecular complexity index is 433. The van der Waals surface area contributed by atoms with Crippen LogP contribution >= 0.6 is 11.6 Å². The third-order valence-corrected chi connectivity index (χ3v) is 3.22. The molecule has 1 aliphatic heterocycles. The van der Waals surface area contributed by atoms with Gasteiger partial charge in [0.1, 0.15) is 0 Å². The normalized spacial score (nSPS) is 19.3. The van der Waals surface area contributed by atoms with Crippen molar-refractivity contribution in [1.82, 2.24) is 9.97 Å². The molecule has 2 heterocycles. The van der Waals surface area contributed by atoms with Gasteiger partial charge in [0.2, 0.25) is 11.1 Å². The van der Waals surface area contributed by atoms with E-state index in [1.54, 1.807) is 4.90 Å². The number of aromatic nitrogens is 2. The number of aliphatic hydroxyl groups is 1. The van der Waals surface area contributed by atoms with E-state index in [2.05, 4.69) is 15.4 Å². The highest BCUT2D eigenvalue weighted by atomic mass is 35.5. The van der Waals surface area contributed by atoms with Crippen molar-refractivity contribution in [2.45, 2.75) is 25.3 Å². The number of hydrogen-bond acceptors (Lipinski definition) is 6. The van der Waals surface area contributed by atoms with Crippen molar-refractivity contribution in [3.63, 3.8) is 0 Å². The number of aliphatic hydroxyl groups excluding tert-OH is 1. The molecule has 1 aromatic rings. The number of nitrogens with one attached hydrogen (secondary N) is 1. The van der Waals surface area contributed by atoms with Crippen molar-refractivity contribution >= 4 is 23.2 Å². The van der Waals surface area contributed by atoms with E-state index in [4.69, 9.17) is 22.6 Å². The van der Waals surface area contributed by atoms with Crippen molar-refractivity contribution in [3.8, 4) is 0 Å². The molecule has 0 amide bonds. The number of nitrogens with zero attached hydrogens (tertiary/aromatic N) is 3. The molecule has 0 aliphatic carbocycles. The summed E-state index contributed by atoms with van der Waals surface area (Å²) < 4.78 is 14.1. The number of hydrogen-bond donors (Lipinski definition) is 3. The maximum absolute atomic E-state index is 14.1. The van der Waals surface area contributed by atoms with Crippen LogP contribution in [0.3, 0.4) is 0 Å². The molecular formula is C10H15ClFN5O. The first-order chi connectivity index (χ1) is 8.67. The topological polar surface area (TPSA) is 87.3 Å². The minimum atomic E-state index is -0.619. The van der Waals surface area contributed by atoms with Gasteiger partial charge in [-0.1, -0.05) is 0 Å². The molecule has 1 fully saturated rings. The van der Waals surface area contributed by atoms with Crippen LogP contribution in [0.4, 0.5) is 16.0 Å². The van der Waals surface area contributed by atoms with Gasteiger partial charge in [0.05, 0.1) is 0 Å². The molecule has 0 bridgehead atoms. The zero-order valence-electron chi connectivity index (χ0n) is 9.74. The van der Waals surface area contributed by atoms with Gasteiger partial charge in [-0.2, -0.15) is 14.4 Å². The predicted molar refractivity (Wildman–Crippen MR) is 66.9 cm³/mol. The fourth-order valence-corrected chi connectivity index (χ4v) is 2.42. The SMILES string of the molecule is NNc1nc(Cl)nc(N2CCC[C@H]2CCO)c1F. The van der Waals surface area contributed by atoms with Gasteiger partial charge in [0.15, 0.2) is 11.6 Å². The summed E-state index contributed by atoms with van der Waals surface area (Å²) in [4.78, 5) is 9.39. The van der Waals surface area contributed by atoms with Gasteiger partial charge < -0.3 is 15.4 Å². The van der Waals surface area contributed by atoms with Crippen LogP contribution in [0.1, 0.15) is 19.3 Å². The van der Waals surface area contributed by atoms with Gasteiger partial charge in [0, 0.05) is 19.2 Å². The molecule has 0 saturated carbocycles. The number of hydrazine groups is 1. The average Bonchev–Trinajstić information content (AvgIpc) is 2.80. The monoisotopic (exact) mass is 275 g/mol. The molecule has 1 atom stereocenters. The molecule has 1 aromatic heterocycles. The Labute approximate surface area is 109 Å². The van der Waals surface area contributed by atoms with E-state index >= 15 is 0 Å². The van der Waals surface area contributed by atoms with Gasteiger partial charge in [-0.15, -0.1) is 0 Å². The summed E-state index contributed by atoms with van der Waals surface area (Å²) in [6, 6.07) is 0.0705. The molecule has 0 spiro atoms. The summed E-state index contributed by atoms with van der Waals surface area (Å²) in [6.07, 6.45) is 2.40. The second kappa shape index (κ2) is 5.64. The summed E-state index contributed by atoms with van der Waals surface area (Å²) in [5, 5.41) is 8.94. The molecular weight excluding hydrogens is 261 g/mol. The Morgan fingerprint density at radius 3 is 3.00 bits per heavy atom. The van der Waals surface area contributed by atoms with Crippen LogP contribution in [0.5, 0.6) is 0 Å². The second-order valence-electron chi connectivity index (χ2n) is 4.12. The van der Waals surface area contributed by atoms with Crippen LogP contribution in [0.25, 0.3) is 0 Å². The smallest absolute Gasteiger partial charge is 0.226 e. The molecule has 1 aliphatic rings. The van der Waals surface area contributed by atoms with Crippen LogP contribution in [0, 0.1) is 5.82 Å². The molecule has 8 heteroatoms. The van der Waals surface area contributed by atoms with E-state index in [-0.39, 0.29) is 29.6 Å². The van der Waals surface area contributed by atoms with Crippen LogP contribution in [0.15, 0.2) is 0 Å². The lowest BCUT2D eigenvalue weighted by molar-refractivity contribution is 0.275. The number of nitrogens with two attached hydrogens (primary N) is 1. The third kappa shape index (κ3) is 2.47. The highest BCUT2D eigenvalue weighted by molar-refractivity contribution is 6.28. The third-order valence-electron chi connectivity index (χ3n) is 3.05. The maximum atomic E-state index is 14.1. The first-order valence-corrected chi connectivity index (χ1v) is 6.12. The molecule has 6 nitrogen and oxygen atoms in total. The lowest BCUT2D eigenvalue weighted by Crippen LogP contribution is -2.32. The Kier molecular flexibility index (Phi) is 4.15. The Morgan fingerprint density at radius 1 is 1.56 bits per heavy atom. The minimum Gasteiger partial charge on any atom is -0.396 e. The lowest BCUT2D eigenvalue weighted by Gasteiger charge is -2.25. The van der Waals surface area contributed by atoms with E-state index in [1.807, 2.05) is 0 Å².